The Hall–Kier alpha value is -1.91. The quantitative estimate of drug-likeness (QED) is 0.338. The molecule has 12 heavy (non-hydrogen) atoms. The predicted molar refractivity (Wildman–Crippen MR) is 45.4 cm³/mol. The second-order valence-electron chi connectivity index (χ2n) is 2.32. The second kappa shape index (κ2) is 2.61. The first-order valence-corrected chi connectivity index (χ1v) is 3.20. The smallest absolute Gasteiger partial charge is 0.250 e. The van der Waals surface area contributed by atoms with Crippen LogP contribution in [0.3, 0.4) is 0 Å². The lowest BCUT2D eigenvalue weighted by molar-refractivity contribution is 0.100. The molecule has 0 aliphatic heterocycles. The molecule has 0 radical (unpaired) electrons. The minimum Gasteiger partial charge on any atom is -0.506 e. The Morgan fingerprint density at radius 2 is 1.83 bits per heavy atom. The molecular weight excluding hydrogens is 158 g/mol. The van der Waals surface area contributed by atoms with Crippen LogP contribution >= 0.6 is 0 Å². The summed E-state index contributed by atoms with van der Waals surface area (Å²) in [4.78, 5) is 10.7. The van der Waals surface area contributed by atoms with Crippen LogP contribution in [0.25, 0.3) is 0 Å². The third-order valence-corrected chi connectivity index (χ3v) is 1.53. The fraction of sp³-hybridized carbons (Fsp3) is 0. The van der Waals surface area contributed by atoms with Crippen molar-refractivity contribution in [2.75, 3.05) is 11.5 Å². The van der Waals surface area contributed by atoms with E-state index in [9.17, 15) is 4.79 Å². The summed E-state index contributed by atoms with van der Waals surface area (Å²) in [5, 5.41) is 9.05. The predicted octanol–water partition coefficient (Wildman–Crippen LogP) is -0.345. The lowest BCUT2D eigenvalue weighted by Gasteiger charge is -2.05. The molecule has 0 saturated heterocycles. The van der Waals surface area contributed by atoms with Crippen LogP contribution in [0.15, 0.2) is 12.1 Å². The van der Waals surface area contributed by atoms with E-state index in [4.69, 9.17) is 22.3 Å². The number of carbonyl (C=O) groups is 1. The minimum absolute atomic E-state index is 0.0162. The van der Waals surface area contributed by atoms with Gasteiger partial charge in [0, 0.05) is 0 Å². The van der Waals surface area contributed by atoms with Gasteiger partial charge in [-0.1, -0.05) is 0 Å². The standard InChI is InChI=1S/C7H9N3O2/c8-5-3(7(10)12)1-2-4(11)6(5)9/h1-2,11H,8-9H2,(H2,10,12). The number of phenolic OH excluding ortho intramolecular Hbond substituents is 1. The van der Waals surface area contributed by atoms with Crippen LogP contribution in [0.5, 0.6) is 5.75 Å². The summed E-state index contributed by atoms with van der Waals surface area (Å²) in [5.41, 5.74) is 15.8. The monoisotopic (exact) mass is 167 g/mol. The summed E-state index contributed by atoms with van der Waals surface area (Å²) >= 11 is 0. The van der Waals surface area contributed by atoms with Crippen LogP contribution in [-0.2, 0) is 0 Å². The van der Waals surface area contributed by atoms with Crippen molar-refractivity contribution in [1.29, 1.82) is 0 Å². The zero-order valence-corrected chi connectivity index (χ0v) is 6.24. The van der Waals surface area contributed by atoms with Gasteiger partial charge in [0.15, 0.2) is 0 Å². The zero-order chi connectivity index (χ0) is 9.30. The fourth-order valence-electron chi connectivity index (χ4n) is 0.840. The molecule has 0 saturated carbocycles. The number of hydrogen-bond acceptors (Lipinski definition) is 4. The molecule has 1 rings (SSSR count). The van der Waals surface area contributed by atoms with Gasteiger partial charge < -0.3 is 22.3 Å². The first kappa shape index (κ1) is 8.19. The highest BCUT2D eigenvalue weighted by Crippen LogP contribution is 2.28. The summed E-state index contributed by atoms with van der Waals surface area (Å²) < 4.78 is 0. The van der Waals surface area contributed by atoms with Gasteiger partial charge in [-0.25, -0.2) is 0 Å². The molecule has 1 aromatic carbocycles. The van der Waals surface area contributed by atoms with Crippen molar-refractivity contribution in [3.8, 4) is 5.75 Å². The van der Waals surface area contributed by atoms with Gasteiger partial charge in [-0.3, -0.25) is 4.79 Å². The number of nitrogens with two attached hydrogens (primary N) is 3. The van der Waals surface area contributed by atoms with Crippen molar-refractivity contribution in [3.05, 3.63) is 17.7 Å². The van der Waals surface area contributed by atoms with Gasteiger partial charge in [0.25, 0.3) is 5.91 Å². The van der Waals surface area contributed by atoms with E-state index in [1.807, 2.05) is 0 Å². The van der Waals surface area contributed by atoms with Gasteiger partial charge in [-0.2, -0.15) is 0 Å². The Morgan fingerprint density at radius 1 is 1.25 bits per heavy atom. The summed E-state index contributed by atoms with van der Waals surface area (Å²) in [6, 6.07) is 2.59. The largest absolute Gasteiger partial charge is 0.506 e. The summed E-state index contributed by atoms with van der Waals surface area (Å²) in [5.74, 6) is -0.822. The molecule has 64 valence electrons. The maximum absolute atomic E-state index is 10.7. The normalized spacial score (nSPS) is 9.67. The topological polar surface area (TPSA) is 115 Å². The minimum atomic E-state index is -0.667. The number of primary amides is 1. The molecule has 0 fully saturated rings. The van der Waals surface area contributed by atoms with Crippen molar-refractivity contribution < 1.29 is 9.90 Å². The van der Waals surface area contributed by atoms with Crippen LogP contribution in [-0.4, -0.2) is 11.0 Å². The number of hydrogen-bond donors (Lipinski definition) is 4. The van der Waals surface area contributed by atoms with Crippen molar-refractivity contribution in [3.63, 3.8) is 0 Å². The van der Waals surface area contributed by atoms with E-state index < -0.39 is 5.91 Å². The van der Waals surface area contributed by atoms with Crippen molar-refractivity contribution in [2.24, 2.45) is 5.73 Å². The van der Waals surface area contributed by atoms with Crippen LogP contribution < -0.4 is 17.2 Å². The first-order chi connectivity index (χ1) is 5.54. The first-order valence-electron chi connectivity index (χ1n) is 3.20. The highest BCUT2D eigenvalue weighted by molar-refractivity contribution is 6.01. The molecule has 0 bridgehead atoms. The van der Waals surface area contributed by atoms with Gasteiger partial charge in [0.2, 0.25) is 0 Å². The maximum Gasteiger partial charge on any atom is 0.250 e. The molecule has 0 aromatic heterocycles. The number of anilines is 2. The number of carbonyl (C=O) groups excluding carboxylic acids is 1. The summed E-state index contributed by atoms with van der Waals surface area (Å²) in [7, 11) is 0. The second-order valence-corrected chi connectivity index (χ2v) is 2.32. The molecule has 5 heteroatoms. The van der Waals surface area contributed by atoms with Crippen LogP contribution in [0, 0.1) is 0 Å². The molecule has 1 amide bonds. The average Bonchev–Trinajstić information content (AvgIpc) is 2.00. The lowest BCUT2D eigenvalue weighted by Crippen LogP contribution is -2.14. The van der Waals surface area contributed by atoms with E-state index in [-0.39, 0.29) is 22.7 Å². The van der Waals surface area contributed by atoms with Crippen molar-refractivity contribution in [2.45, 2.75) is 0 Å². The molecule has 7 N–H and O–H groups in total. The van der Waals surface area contributed by atoms with Crippen molar-refractivity contribution in [1.82, 2.24) is 0 Å². The van der Waals surface area contributed by atoms with Crippen molar-refractivity contribution >= 4 is 17.3 Å². The Morgan fingerprint density at radius 3 is 2.33 bits per heavy atom. The molecule has 0 heterocycles. The van der Waals surface area contributed by atoms with E-state index in [1.54, 1.807) is 0 Å². The zero-order valence-electron chi connectivity index (χ0n) is 6.24. The third kappa shape index (κ3) is 1.12. The molecule has 0 spiro atoms. The summed E-state index contributed by atoms with van der Waals surface area (Å²) in [6.07, 6.45) is 0. The highest BCUT2D eigenvalue weighted by atomic mass is 16.3. The molecule has 0 unspecified atom stereocenters. The SMILES string of the molecule is NC(=O)c1ccc(O)c(N)c1N. The average molecular weight is 167 g/mol. The number of nitrogen functional groups attached to an aromatic ring is 2. The number of amides is 1. The Labute approximate surface area is 68.8 Å². The molecule has 1 aromatic rings. The highest BCUT2D eigenvalue weighted by Gasteiger charge is 2.10. The number of phenols is 1. The van der Waals surface area contributed by atoms with Gasteiger partial charge in [0.05, 0.1) is 16.9 Å². The molecule has 0 atom stereocenters. The van der Waals surface area contributed by atoms with Gasteiger partial charge in [0.1, 0.15) is 5.75 Å². The lowest BCUT2D eigenvalue weighted by atomic mass is 10.1. The molecular formula is C7H9N3O2. The number of rotatable bonds is 1. The molecule has 0 aliphatic carbocycles. The molecule has 0 aliphatic rings. The van der Waals surface area contributed by atoms with Gasteiger partial charge in [-0.15, -0.1) is 0 Å². The number of benzene rings is 1. The Balaban J connectivity index is 3.36. The van der Waals surface area contributed by atoms with Crippen LogP contribution in [0.2, 0.25) is 0 Å². The molecule has 5 nitrogen and oxygen atoms in total. The van der Waals surface area contributed by atoms with Gasteiger partial charge in [-0.05, 0) is 12.1 Å². The van der Waals surface area contributed by atoms with E-state index in [0.29, 0.717) is 0 Å². The van der Waals surface area contributed by atoms with Gasteiger partial charge >= 0.3 is 0 Å². The third-order valence-electron chi connectivity index (χ3n) is 1.53. The van der Waals surface area contributed by atoms with Crippen LogP contribution in [0.1, 0.15) is 10.4 Å². The van der Waals surface area contributed by atoms with Crippen LogP contribution in [0.4, 0.5) is 11.4 Å². The fourth-order valence-corrected chi connectivity index (χ4v) is 0.840. The summed E-state index contributed by atoms with van der Waals surface area (Å²) in [6.45, 7) is 0. The van der Waals surface area contributed by atoms with E-state index >= 15 is 0 Å². The van der Waals surface area contributed by atoms with E-state index in [0.717, 1.165) is 0 Å². The van der Waals surface area contributed by atoms with E-state index in [2.05, 4.69) is 0 Å². The maximum atomic E-state index is 10.7. The Bertz CT molecular complexity index is 336. The van der Waals surface area contributed by atoms with E-state index in [1.165, 1.54) is 12.1 Å². The Kier molecular flexibility index (Phi) is 1.78. The number of aromatic hydroxyl groups is 1.